The standard InChI is InChI=1S/C31H51ClN2O2Si/c1-8-9-13-29(31(35)36)28-20-14-23(2)27(30(28)22-37(5,6)7)21-19-26(33-34(3)4)12-10-11-24-15-17-25(32)18-16-24/h15-18,22-23,27-29H,8-14,19-21H2,1-7H3,(H,35,36)/b30-22+,33-26+/t23-,27+,28+,29+/m1/s1. The first kappa shape index (κ1) is 31.6. The third-order valence-electron chi connectivity index (χ3n) is 7.68. The normalized spacial score (nSPS) is 22.8. The van der Waals surface area contributed by atoms with Crippen LogP contribution in [0, 0.1) is 23.7 Å². The van der Waals surface area contributed by atoms with E-state index in [1.54, 1.807) is 0 Å². The molecule has 4 nitrogen and oxygen atoms in total. The Morgan fingerprint density at radius 3 is 2.41 bits per heavy atom. The Morgan fingerprint density at radius 2 is 1.84 bits per heavy atom. The molecular formula is C31H51ClN2O2Si. The molecule has 0 unspecified atom stereocenters. The van der Waals surface area contributed by atoms with Crippen LogP contribution in [0.5, 0.6) is 0 Å². The second-order valence-corrected chi connectivity index (χ2v) is 17.9. The van der Waals surface area contributed by atoms with Crippen molar-refractivity contribution in [3.63, 3.8) is 0 Å². The predicted molar refractivity (Wildman–Crippen MR) is 162 cm³/mol. The number of allylic oxidation sites excluding steroid dienone is 1. The van der Waals surface area contributed by atoms with Crippen molar-refractivity contribution in [2.24, 2.45) is 28.8 Å². The van der Waals surface area contributed by atoms with Gasteiger partial charge in [0.15, 0.2) is 0 Å². The summed E-state index contributed by atoms with van der Waals surface area (Å²) in [6, 6.07) is 8.15. The fraction of sp³-hybridized carbons (Fsp3) is 0.677. The summed E-state index contributed by atoms with van der Waals surface area (Å²) in [6.07, 6.45) is 10.0. The highest BCUT2D eigenvalue weighted by Crippen LogP contribution is 2.46. The van der Waals surface area contributed by atoms with Crippen LogP contribution in [-0.4, -0.2) is 44.0 Å². The molecule has 4 atom stereocenters. The number of aliphatic carboxylic acids is 1. The zero-order chi connectivity index (χ0) is 27.6. The highest BCUT2D eigenvalue weighted by atomic mass is 35.5. The van der Waals surface area contributed by atoms with E-state index in [2.05, 4.69) is 51.3 Å². The fourth-order valence-corrected chi connectivity index (χ4v) is 7.47. The minimum Gasteiger partial charge on any atom is -0.481 e. The Kier molecular flexibility index (Phi) is 12.9. The summed E-state index contributed by atoms with van der Waals surface area (Å²) in [7, 11) is 2.48. The first-order valence-corrected chi connectivity index (χ1v) is 18.3. The summed E-state index contributed by atoms with van der Waals surface area (Å²) in [5, 5.41) is 17.8. The maximum absolute atomic E-state index is 12.4. The molecule has 208 valence electrons. The lowest BCUT2D eigenvalue weighted by Crippen LogP contribution is -2.36. The number of aryl methyl sites for hydroxylation is 1. The number of hydrogen-bond acceptors (Lipinski definition) is 3. The van der Waals surface area contributed by atoms with Crippen LogP contribution in [0.4, 0.5) is 0 Å². The van der Waals surface area contributed by atoms with E-state index < -0.39 is 14.0 Å². The molecule has 1 aromatic rings. The number of unbranched alkanes of at least 4 members (excludes halogenated alkanes) is 1. The summed E-state index contributed by atoms with van der Waals surface area (Å²) in [5.74, 6) is 0.333. The van der Waals surface area contributed by atoms with E-state index in [9.17, 15) is 9.90 Å². The lowest BCUT2D eigenvalue weighted by Gasteiger charge is -2.41. The molecule has 0 aliphatic heterocycles. The van der Waals surface area contributed by atoms with E-state index in [-0.39, 0.29) is 11.8 Å². The number of hydrogen-bond donors (Lipinski definition) is 1. The van der Waals surface area contributed by atoms with Crippen LogP contribution in [0.15, 0.2) is 40.6 Å². The van der Waals surface area contributed by atoms with E-state index in [4.69, 9.17) is 16.7 Å². The number of carboxylic acids is 1. The van der Waals surface area contributed by atoms with Crippen molar-refractivity contribution in [1.29, 1.82) is 0 Å². The Bertz CT molecular complexity index is 905. The lowest BCUT2D eigenvalue weighted by atomic mass is 9.65. The van der Waals surface area contributed by atoms with E-state index >= 15 is 0 Å². The first-order valence-electron chi connectivity index (χ1n) is 14.3. The molecule has 0 saturated heterocycles. The van der Waals surface area contributed by atoms with Gasteiger partial charge in [-0.05, 0) is 86.8 Å². The summed E-state index contributed by atoms with van der Waals surface area (Å²) in [5.41, 5.74) is 6.58. The first-order chi connectivity index (χ1) is 17.4. The van der Waals surface area contributed by atoms with Gasteiger partial charge in [0.25, 0.3) is 0 Å². The fourth-order valence-electron chi connectivity index (χ4n) is 5.91. The SMILES string of the molecule is CCCC[C@H](C(=O)O)[C@@H]1CC[C@@H](C)[C@H](CC/C(CCCc2ccc(Cl)cc2)=N/N(C)C)/C1=C\[Si](C)(C)C. The van der Waals surface area contributed by atoms with Gasteiger partial charge in [-0.25, -0.2) is 0 Å². The van der Waals surface area contributed by atoms with Gasteiger partial charge in [-0.1, -0.05) is 81.3 Å². The molecule has 1 aliphatic carbocycles. The lowest BCUT2D eigenvalue weighted by molar-refractivity contribution is -0.144. The van der Waals surface area contributed by atoms with Crippen molar-refractivity contribution in [3.8, 4) is 0 Å². The molecule has 2 rings (SSSR count). The maximum atomic E-state index is 12.4. The average molecular weight is 547 g/mol. The van der Waals surface area contributed by atoms with Gasteiger partial charge >= 0.3 is 5.97 Å². The van der Waals surface area contributed by atoms with Crippen LogP contribution in [0.25, 0.3) is 0 Å². The monoisotopic (exact) mass is 546 g/mol. The van der Waals surface area contributed by atoms with Crippen molar-refractivity contribution >= 4 is 31.4 Å². The molecule has 6 heteroatoms. The summed E-state index contributed by atoms with van der Waals surface area (Å²) < 4.78 is 0. The zero-order valence-corrected chi connectivity index (χ0v) is 26.2. The van der Waals surface area contributed by atoms with E-state index in [1.807, 2.05) is 31.2 Å². The van der Waals surface area contributed by atoms with Gasteiger partial charge in [-0.2, -0.15) is 5.10 Å². The quantitative estimate of drug-likeness (QED) is 0.144. The van der Waals surface area contributed by atoms with Gasteiger partial charge in [-0.15, -0.1) is 0 Å². The van der Waals surface area contributed by atoms with Crippen LogP contribution in [0.1, 0.15) is 77.2 Å². The number of carbonyl (C=O) groups is 1. The van der Waals surface area contributed by atoms with Crippen molar-refractivity contribution in [2.75, 3.05) is 14.1 Å². The molecule has 1 saturated carbocycles. The minimum absolute atomic E-state index is 0.177. The summed E-state index contributed by atoms with van der Waals surface area (Å²) in [4.78, 5) is 12.4. The molecule has 1 aromatic carbocycles. The van der Waals surface area contributed by atoms with Crippen molar-refractivity contribution in [3.05, 3.63) is 46.1 Å². The van der Waals surface area contributed by atoms with Crippen molar-refractivity contribution < 1.29 is 9.90 Å². The Hall–Kier alpha value is -1.59. The third kappa shape index (κ3) is 11.0. The summed E-state index contributed by atoms with van der Waals surface area (Å²) in [6.45, 7) is 11.7. The van der Waals surface area contributed by atoms with Crippen LogP contribution < -0.4 is 0 Å². The smallest absolute Gasteiger partial charge is 0.307 e. The molecule has 1 N–H and O–H groups in total. The number of rotatable bonds is 14. The molecule has 0 spiro atoms. The van der Waals surface area contributed by atoms with Gasteiger partial charge in [0.05, 0.1) is 14.0 Å². The molecule has 1 fully saturated rings. The van der Waals surface area contributed by atoms with E-state index in [1.165, 1.54) is 16.8 Å². The van der Waals surface area contributed by atoms with Crippen LogP contribution >= 0.6 is 11.6 Å². The number of benzene rings is 1. The maximum Gasteiger partial charge on any atom is 0.307 e. The van der Waals surface area contributed by atoms with Crippen LogP contribution in [-0.2, 0) is 11.2 Å². The van der Waals surface area contributed by atoms with Crippen LogP contribution in [0.3, 0.4) is 0 Å². The van der Waals surface area contributed by atoms with Gasteiger partial charge in [0.2, 0.25) is 0 Å². The average Bonchev–Trinajstić information content (AvgIpc) is 2.79. The minimum atomic E-state index is -1.52. The second kappa shape index (κ2) is 15.1. The molecule has 0 heterocycles. The highest BCUT2D eigenvalue weighted by Gasteiger charge is 2.39. The van der Waals surface area contributed by atoms with Crippen molar-refractivity contribution in [2.45, 2.75) is 97.7 Å². The Labute approximate surface area is 232 Å². The topological polar surface area (TPSA) is 52.9 Å². The van der Waals surface area contributed by atoms with Gasteiger partial charge in [-0.3, -0.25) is 4.79 Å². The number of hydrazone groups is 1. The molecular weight excluding hydrogens is 496 g/mol. The second-order valence-electron chi connectivity index (χ2n) is 12.4. The Morgan fingerprint density at radius 1 is 1.16 bits per heavy atom. The zero-order valence-electron chi connectivity index (χ0n) is 24.4. The predicted octanol–water partition coefficient (Wildman–Crippen LogP) is 8.72. The van der Waals surface area contributed by atoms with E-state index in [0.29, 0.717) is 11.8 Å². The highest BCUT2D eigenvalue weighted by molar-refractivity contribution is 6.81. The molecule has 37 heavy (non-hydrogen) atoms. The number of halogens is 1. The van der Waals surface area contributed by atoms with Gasteiger partial charge in [0.1, 0.15) is 0 Å². The molecule has 0 bridgehead atoms. The van der Waals surface area contributed by atoms with Gasteiger partial charge < -0.3 is 10.1 Å². The number of carboxylic acid groups (broad SMARTS) is 1. The summed E-state index contributed by atoms with van der Waals surface area (Å²) >= 11 is 6.04. The third-order valence-corrected chi connectivity index (χ3v) is 9.13. The number of nitrogens with zero attached hydrogens (tertiary/aromatic N) is 2. The molecule has 0 radical (unpaired) electrons. The van der Waals surface area contributed by atoms with Crippen LogP contribution in [0.2, 0.25) is 24.7 Å². The van der Waals surface area contributed by atoms with Crippen molar-refractivity contribution in [1.82, 2.24) is 5.01 Å². The Balaban J connectivity index is 2.21. The van der Waals surface area contributed by atoms with E-state index in [0.717, 1.165) is 69.2 Å². The molecule has 0 amide bonds. The van der Waals surface area contributed by atoms with Gasteiger partial charge in [0, 0.05) is 24.8 Å². The largest absolute Gasteiger partial charge is 0.481 e. The molecule has 1 aliphatic rings. The molecule has 0 aromatic heterocycles.